The molecule has 30 heavy (non-hydrogen) atoms. The highest BCUT2D eigenvalue weighted by atomic mass is 16.6. The summed E-state index contributed by atoms with van der Waals surface area (Å²) >= 11 is 0. The molecule has 11 atom stereocenters. The summed E-state index contributed by atoms with van der Waals surface area (Å²) in [7, 11) is 0. The van der Waals surface area contributed by atoms with E-state index in [1.54, 1.807) is 20.8 Å². The lowest BCUT2D eigenvalue weighted by atomic mass is 9.57. The van der Waals surface area contributed by atoms with Gasteiger partial charge >= 0.3 is 5.97 Å². The molecule has 6 N–H and O–H groups in total. The summed E-state index contributed by atoms with van der Waals surface area (Å²) in [5.41, 5.74) is -7.12. The van der Waals surface area contributed by atoms with Gasteiger partial charge in [-0.15, -0.1) is 0 Å². The monoisotopic (exact) mass is 428 g/mol. The summed E-state index contributed by atoms with van der Waals surface area (Å²) in [4.78, 5) is 12.0. The third-order valence-corrected chi connectivity index (χ3v) is 9.53. The number of carbonyl (C=O) groups is 1. The Morgan fingerprint density at radius 1 is 0.967 bits per heavy atom. The second-order valence-electron chi connectivity index (χ2n) is 11.4. The van der Waals surface area contributed by atoms with Gasteiger partial charge in [0.25, 0.3) is 0 Å². The molecule has 0 saturated heterocycles. The number of carbonyl (C=O) groups excluding carboxylic acids is 1. The van der Waals surface area contributed by atoms with Gasteiger partial charge in [-0.05, 0) is 45.4 Å². The molecule has 172 valence electrons. The van der Waals surface area contributed by atoms with Gasteiger partial charge < -0.3 is 35.4 Å². The fourth-order valence-corrected chi connectivity index (χ4v) is 8.25. The lowest BCUT2D eigenvalue weighted by molar-refractivity contribution is -0.218. The van der Waals surface area contributed by atoms with Crippen LogP contribution in [0.2, 0.25) is 0 Å². The Bertz CT molecular complexity index is 747. The maximum absolute atomic E-state index is 12.1. The molecule has 0 heterocycles. The van der Waals surface area contributed by atoms with Crippen LogP contribution in [0, 0.1) is 28.6 Å². The fraction of sp³-hybridized carbons (Fsp3) is 0.955. The van der Waals surface area contributed by atoms with E-state index in [9.17, 15) is 35.4 Å². The molecule has 1 spiro atoms. The van der Waals surface area contributed by atoms with E-state index in [1.807, 2.05) is 0 Å². The van der Waals surface area contributed by atoms with Crippen LogP contribution in [0.25, 0.3) is 0 Å². The predicted octanol–water partition coefficient (Wildman–Crippen LogP) is -0.290. The Morgan fingerprint density at radius 2 is 1.57 bits per heavy atom. The molecule has 0 aromatic heterocycles. The van der Waals surface area contributed by atoms with E-state index in [1.165, 1.54) is 13.8 Å². The third-order valence-electron chi connectivity index (χ3n) is 9.53. The van der Waals surface area contributed by atoms with Crippen molar-refractivity contribution in [3.05, 3.63) is 0 Å². The second kappa shape index (κ2) is 6.17. The van der Waals surface area contributed by atoms with Crippen LogP contribution in [0.1, 0.15) is 60.3 Å². The molecule has 0 aromatic rings. The minimum Gasteiger partial charge on any atom is -0.459 e. The van der Waals surface area contributed by atoms with Crippen molar-refractivity contribution in [2.24, 2.45) is 28.6 Å². The van der Waals surface area contributed by atoms with Gasteiger partial charge in [0.1, 0.15) is 11.7 Å². The Balaban J connectivity index is 1.96. The second-order valence-corrected chi connectivity index (χ2v) is 11.4. The van der Waals surface area contributed by atoms with Crippen molar-refractivity contribution in [1.29, 1.82) is 0 Å². The van der Waals surface area contributed by atoms with E-state index in [0.29, 0.717) is 12.8 Å². The van der Waals surface area contributed by atoms with E-state index < -0.39 is 75.8 Å². The minimum absolute atomic E-state index is 0.0249. The molecule has 4 saturated carbocycles. The molecule has 8 nitrogen and oxygen atoms in total. The zero-order chi connectivity index (χ0) is 22.7. The maximum atomic E-state index is 12.1. The number of rotatable bonds is 1. The fourth-order valence-electron chi connectivity index (χ4n) is 8.25. The highest BCUT2D eigenvalue weighted by Crippen LogP contribution is 2.70. The Labute approximate surface area is 176 Å². The lowest BCUT2D eigenvalue weighted by Gasteiger charge is -2.51. The molecule has 9 unspecified atom stereocenters. The van der Waals surface area contributed by atoms with Gasteiger partial charge in [0.05, 0.1) is 29.5 Å². The van der Waals surface area contributed by atoms with Crippen molar-refractivity contribution in [2.45, 2.75) is 102 Å². The first-order valence-electron chi connectivity index (χ1n) is 10.9. The van der Waals surface area contributed by atoms with E-state index in [4.69, 9.17) is 4.74 Å². The van der Waals surface area contributed by atoms with Gasteiger partial charge in [-0.25, -0.2) is 0 Å². The zero-order valence-electron chi connectivity index (χ0n) is 18.4. The largest absolute Gasteiger partial charge is 0.459 e. The van der Waals surface area contributed by atoms with Crippen LogP contribution in [-0.2, 0) is 9.53 Å². The van der Waals surface area contributed by atoms with Crippen molar-refractivity contribution in [3.8, 4) is 0 Å². The smallest absolute Gasteiger partial charge is 0.303 e. The SMILES string of the molecule is CC(=O)OC1C[C@]23CC(C)(O)[C@H](CCC2C(C)(O)C2C(O)C(O)C(C)(C)C12O)C3O. The van der Waals surface area contributed by atoms with Gasteiger partial charge in [0.15, 0.2) is 0 Å². The van der Waals surface area contributed by atoms with Crippen LogP contribution in [0.5, 0.6) is 0 Å². The van der Waals surface area contributed by atoms with Gasteiger partial charge in [0.2, 0.25) is 0 Å². The van der Waals surface area contributed by atoms with Crippen LogP contribution in [0.3, 0.4) is 0 Å². The summed E-state index contributed by atoms with van der Waals surface area (Å²) in [5, 5.41) is 68.2. The van der Waals surface area contributed by atoms with E-state index in [0.717, 1.165) is 0 Å². The maximum Gasteiger partial charge on any atom is 0.303 e. The van der Waals surface area contributed by atoms with Crippen LogP contribution >= 0.6 is 0 Å². The first-order valence-corrected chi connectivity index (χ1v) is 10.9. The topological polar surface area (TPSA) is 148 Å². The van der Waals surface area contributed by atoms with Crippen LogP contribution in [0.15, 0.2) is 0 Å². The average Bonchev–Trinajstić information content (AvgIpc) is 2.77. The summed E-state index contributed by atoms with van der Waals surface area (Å²) < 4.78 is 5.61. The van der Waals surface area contributed by atoms with Crippen LogP contribution < -0.4 is 0 Å². The van der Waals surface area contributed by atoms with E-state index in [-0.39, 0.29) is 12.8 Å². The summed E-state index contributed by atoms with van der Waals surface area (Å²) in [6, 6.07) is 0. The molecule has 4 rings (SSSR count). The molecule has 8 heteroatoms. The molecule has 0 aliphatic heterocycles. The number of hydrogen-bond acceptors (Lipinski definition) is 8. The van der Waals surface area contributed by atoms with E-state index in [2.05, 4.69) is 0 Å². The number of fused-ring (bicyclic) bond motifs is 2. The summed E-state index contributed by atoms with van der Waals surface area (Å²) in [6.45, 7) is 7.60. The molecule has 0 amide bonds. The van der Waals surface area contributed by atoms with Crippen molar-refractivity contribution < 1.29 is 40.2 Å². The standard InChI is InChI=1S/C22H36O8/c1-10(23)30-13-8-21-9-19(4,27)11(16(21)25)6-7-12(21)20(5,28)15-14(24)17(26)18(2,3)22(13,15)29/h11-17,24-29H,6-9H2,1-5H3/t11-,12?,13?,14?,15?,16?,17?,19?,20?,21+,22?/m1/s1. The molecule has 4 fully saturated rings. The molecule has 4 aliphatic carbocycles. The molecule has 2 bridgehead atoms. The number of hydrogen-bond donors (Lipinski definition) is 6. The predicted molar refractivity (Wildman–Crippen MR) is 105 cm³/mol. The van der Waals surface area contributed by atoms with Gasteiger partial charge in [0, 0.05) is 29.6 Å². The number of ether oxygens (including phenoxy) is 1. The Morgan fingerprint density at radius 3 is 2.13 bits per heavy atom. The molecular formula is C22H36O8. The van der Waals surface area contributed by atoms with Crippen molar-refractivity contribution in [2.75, 3.05) is 0 Å². The number of aliphatic hydroxyl groups is 6. The Hall–Kier alpha value is -0.770. The van der Waals surface area contributed by atoms with Crippen molar-refractivity contribution in [3.63, 3.8) is 0 Å². The van der Waals surface area contributed by atoms with Gasteiger partial charge in [-0.2, -0.15) is 0 Å². The van der Waals surface area contributed by atoms with E-state index >= 15 is 0 Å². The normalized spacial score (nSPS) is 59.2. The highest BCUT2D eigenvalue weighted by Gasteiger charge is 2.79. The van der Waals surface area contributed by atoms with Gasteiger partial charge in [-0.1, -0.05) is 13.8 Å². The van der Waals surface area contributed by atoms with Crippen molar-refractivity contribution in [1.82, 2.24) is 0 Å². The third kappa shape index (κ3) is 2.41. The minimum atomic E-state index is -1.95. The first-order chi connectivity index (χ1) is 13.5. The van der Waals surface area contributed by atoms with Crippen molar-refractivity contribution >= 4 is 5.97 Å². The lowest BCUT2D eigenvalue weighted by Crippen LogP contribution is -2.62. The number of esters is 1. The number of aliphatic hydroxyl groups excluding tert-OH is 3. The zero-order valence-corrected chi connectivity index (χ0v) is 18.4. The van der Waals surface area contributed by atoms with Crippen LogP contribution in [0.4, 0.5) is 0 Å². The summed E-state index contributed by atoms with van der Waals surface area (Å²) in [5.74, 6) is -2.81. The molecule has 0 aromatic carbocycles. The quantitative estimate of drug-likeness (QED) is 0.312. The molecule has 4 aliphatic rings. The first kappa shape index (κ1) is 22.4. The molecule has 0 radical (unpaired) electrons. The van der Waals surface area contributed by atoms with Gasteiger partial charge in [-0.3, -0.25) is 4.79 Å². The Kier molecular flexibility index (Phi) is 4.61. The average molecular weight is 429 g/mol. The highest BCUT2D eigenvalue weighted by molar-refractivity contribution is 5.66. The van der Waals surface area contributed by atoms with Crippen LogP contribution in [-0.4, -0.2) is 77.8 Å². The summed E-state index contributed by atoms with van der Waals surface area (Å²) in [6.07, 6.45) is -3.76. The molecular weight excluding hydrogens is 392 g/mol.